The number of hydrogen-bond acceptors (Lipinski definition) is 2. The van der Waals surface area contributed by atoms with Crippen LogP contribution in [0.25, 0.3) is 0 Å². The van der Waals surface area contributed by atoms with Crippen molar-refractivity contribution in [3.63, 3.8) is 0 Å². The highest BCUT2D eigenvalue weighted by Gasteiger charge is 2.27. The van der Waals surface area contributed by atoms with Gasteiger partial charge in [0.25, 0.3) is 5.91 Å². The first-order valence-corrected chi connectivity index (χ1v) is 6.36. The van der Waals surface area contributed by atoms with Crippen LogP contribution in [0.1, 0.15) is 24.2 Å². The van der Waals surface area contributed by atoms with Gasteiger partial charge in [-0.25, -0.2) is 4.39 Å². The smallest absolute Gasteiger partial charge is 0.254 e. The summed E-state index contributed by atoms with van der Waals surface area (Å²) in [5.41, 5.74) is 0.433. The van der Waals surface area contributed by atoms with E-state index in [-0.39, 0.29) is 23.0 Å². The zero-order chi connectivity index (χ0) is 13.3. The molecule has 0 spiro atoms. The van der Waals surface area contributed by atoms with Crippen molar-refractivity contribution in [1.29, 1.82) is 0 Å². The summed E-state index contributed by atoms with van der Waals surface area (Å²) in [7, 11) is 0. The Labute approximate surface area is 111 Å². The van der Waals surface area contributed by atoms with Crippen LogP contribution in [0.5, 0.6) is 0 Å². The summed E-state index contributed by atoms with van der Waals surface area (Å²) < 4.78 is 13.1. The van der Waals surface area contributed by atoms with Crippen LogP contribution in [0, 0.1) is 5.82 Å². The summed E-state index contributed by atoms with van der Waals surface area (Å²) in [5, 5.41) is 3.29. The highest BCUT2D eigenvalue weighted by atomic mass is 35.5. The lowest BCUT2D eigenvalue weighted by Gasteiger charge is -2.37. The van der Waals surface area contributed by atoms with Crippen molar-refractivity contribution in [2.24, 2.45) is 0 Å². The monoisotopic (exact) mass is 270 g/mol. The SMILES string of the molecule is CC1CN(C(=O)c2ccc(F)c(Cl)c2)C(C)CN1. The first kappa shape index (κ1) is 13.3. The molecule has 1 aromatic rings. The molecule has 2 rings (SSSR count). The van der Waals surface area contributed by atoms with Gasteiger partial charge in [-0.1, -0.05) is 11.6 Å². The third kappa shape index (κ3) is 2.65. The van der Waals surface area contributed by atoms with Gasteiger partial charge in [0.05, 0.1) is 5.02 Å². The number of amides is 1. The highest BCUT2D eigenvalue weighted by Crippen LogP contribution is 2.19. The fraction of sp³-hybridized carbons (Fsp3) is 0.462. The second-order valence-electron chi connectivity index (χ2n) is 4.74. The van der Waals surface area contributed by atoms with Crippen molar-refractivity contribution in [2.45, 2.75) is 25.9 Å². The van der Waals surface area contributed by atoms with E-state index >= 15 is 0 Å². The summed E-state index contributed by atoms with van der Waals surface area (Å²) in [6.07, 6.45) is 0. The maximum atomic E-state index is 13.1. The van der Waals surface area contributed by atoms with Crippen LogP contribution in [0.15, 0.2) is 18.2 Å². The van der Waals surface area contributed by atoms with Gasteiger partial charge in [0, 0.05) is 30.7 Å². The second kappa shape index (κ2) is 5.24. The summed E-state index contributed by atoms with van der Waals surface area (Å²) in [4.78, 5) is 14.1. The van der Waals surface area contributed by atoms with Crippen LogP contribution in [0.4, 0.5) is 4.39 Å². The van der Waals surface area contributed by atoms with Gasteiger partial charge >= 0.3 is 0 Å². The number of rotatable bonds is 1. The lowest BCUT2D eigenvalue weighted by molar-refractivity contribution is 0.0616. The summed E-state index contributed by atoms with van der Waals surface area (Å²) in [6.45, 7) is 5.43. The Hall–Kier alpha value is -1.13. The average molecular weight is 271 g/mol. The van der Waals surface area contributed by atoms with E-state index in [1.807, 2.05) is 13.8 Å². The van der Waals surface area contributed by atoms with Crippen molar-refractivity contribution < 1.29 is 9.18 Å². The molecular weight excluding hydrogens is 255 g/mol. The van der Waals surface area contributed by atoms with Crippen molar-refractivity contribution in [3.8, 4) is 0 Å². The second-order valence-corrected chi connectivity index (χ2v) is 5.15. The Bertz CT molecular complexity index is 466. The van der Waals surface area contributed by atoms with Gasteiger partial charge in [-0.05, 0) is 32.0 Å². The van der Waals surface area contributed by atoms with Crippen molar-refractivity contribution in [3.05, 3.63) is 34.6 Å². The van der Waals surface area contributed by atoms with Crippen LogP contribution < -0.4 is 5.32 Å². The third-order valence-electron chi connectivity index (χ3n) is 3.19. The third-order valence-corrected chi connectivity index (χ3v) is 3.48. The minimum absolute atomic E-state index is 0.0170. The molecular formula is C13H16ClFN2O. The quantitative estimate of drug-likeness (QED) is 0.849. The molecule has 0 radical (unpaired) electrons. The molecule has 98 valence electrons. The molecule has 1 fully saturated rings. The van der Waals surface area contributed by atoms with E-state index in [0.29, 0.717) is 12.1 Å². The fourth-order valence-corrected chi connectivity index (χ4v) is 2.28. The topological polar surface area (TPSA) is 32.3 Å². The van der Waals surface area contributed by atoms with E-state index in [4.69, 9.17) is 11.6 Å². The van der Waals surface area contributed by atoms with Crippen LogP contribution in [0.3, 0.4) is 0 Å². The Morgan fingerprint density at radius 2 is 2.22 bits per heavy atom. The molecule has 0 aromatic heterocycles. The van der Waals surface area contributed by atoms with Gasteiger partial charge in [-0.3, -0.25) is 4.79 Å². The van der Waals surface area contributed by atoms with Crippen molar-refractivity contribution >= 4 is 17.5 Å². The molecule has 5 heteroatoms. The van der Waals surface area contributed by atoms with Gasteiger partial charge < -0.3 is 10.2 Å². The van der Waals surface area contributed by atoms with E-state index in [2.05, 4.69) is 5.32 Å². The minimum Gasteiger partial charge on any atom is -0.333 e. The number of hydrogen-bond donors (Lipinski definition) is 1. The first-order valence-electron chi connectivity index (χ1n) is 5.98. The molecule has 1 saturated heterocycles. The van der Waals surface area contributed by atoms with E-state index < -0.39 is 5.82 Å². The molecule has 2 unspecified atom stereocenters. The molecule has 0 aliphatic carbocycles. The molecule has 1 heterocycles. The van der Waals surface area contributed by atoms with Crippen molar-refractivity contribution in [2.75, 3.05) is 13.1 Å². The van der Waals surface area contributed by atoms with E-state index in [0.717, 1.165) is 6.54 Å². The molecule has 0 saturated carbocycles. The molecule has 1 aliphatic rings. The molecule has 18 heavy (non-hydrogen) atoms. The predicted octanol–water partition coefficient (Wildman–Crippen LogP) is 2.30. The van der Waals surface area contributed by atoms with Gasteiger partial charge in [-0.15, -0.1) is 0 Å². The number of carbonyl (C=O) groups excluding carboxylic acids is 1. The number of nitrogens with one attached hydrogen (secondary N) is 1. The maximum Gasteiger partial charge on any atom is 0.254 e. The molecule has 1 aliphatic heterocycles. The molecule has 1 amide bonds. The van der Waals surface area contributed by atoms with Crippen LogP contribution in [-0.2, 0) is 0 Å². The van der Waals surface area contributed by atoms with Crippen molar-refractivity contribution in [1.82, 2.24) is 10.2 Å². The standard InChI is InChI=1S/C13H16ClFN2O/c1-8-7-17(9(2)6-16-8)13(18)10-3-4-12(15)11(14)5-10/h3-5,8-9,16H,6-7H2,1-2H3. The molecule has 1 aromatic carbocycles. The van der Waals surface area contributed by atoms with E-state index in [9.17, 15) is 9.18 Å². The van der Waals surface area contributed by atoms with E-state index in [1.54, 1.807) is 4.90 Å². The highest BCUT2D eigenvalue weighted by molar-refractivity contribution is 6.31. The average Bonchev–Trinajstić information content (AvgIpc) is 2.35. The number of carbonyl (C=O) groups is 1. The molecule has 2 atom stereocenters. The number of piperazine rings is 1. The van der Waals surface area contributed by atoms with E-state index in [1.165, 1.54) is 18.2 Å². The van der Waals surface area contributed by atoms with Gasteiger partial charge in [0.15, 0.2) is 0 Å². The molecule has 1 N–H and O–H groups in total. The Morgan fingerprint density at radius 3 is 2.89 bits per heavy atom. The normalized spacial score (nSPS) is 24.1. The Kier molecular flexibility index (Phi) is 3.88. The van der Waals surface area contributed by atoms with Crippen LogP contribution in [-0.4, -0.2) is 36.0 Å². The van der Waals surface area contributed by atoms with Gasteiger partial charge in [-0.2, -0.15) is 0 Å². The van der Waals surface area contributed by atoms with Crippen LogP contribution >= 0.6 is 11.6 Å². The Balaban J connectivity index is 2.21. The zero-order valence-corrected chi connectivity index (χ0v) is 11.2. The lowest BCUT2D eigenvalue weighted by atomic mass is 10.1. The molecule has 0 bridgehead atoms. The zero-order valence-electron chi connectivity index (χ0n) is 10.4. The number of halogens is 2. The summed E-state index contributed by atoms with van der Waals surface area (Å²) in [5.74, 6) is -0.604. The lowest BCUT2D eigenvalue weighted by Crippen LogP contribution is -2.56. The maximum absolute atomic E-state index is 13.1. The number of nitrogens with zero attached hydrogens (tertiary/aromatic N) is 1. The van der Waals surface area contributed by atoms with Gasteiger partial charge in [0.1, 0.15) is 5.82 Å². The fourth-order valence-electron chi connectivity index (χ4n) is 2.10. The summed E-state index contributed by atoms with van der Waals surface area (Å²) >= 11 is 5.70. The summed E-state index contributed by atoms with van der Waals surface area (Å²) in [6, 6.07) is 4.48. The Morgan fingerprint density at radius 1 is 1.50 bits per heavy atom. The first-order chi connectivity index (χ1) is 8.49. The molecule has 3 nitrogen and oxygen atoms in total. The minimum atomic E-state index is -0.505. The van der Waals surface area contributed by atoms with Gasteiger partial charge in [0.2, 0.25) is 0 Å². The van der Waals surface area contributed by atoms with Crippen LogP contribution in [0.2, 0.25) is 5.02 Å². The number of benzene rings is 1. The largest absolute Gasteiger partial charge is 0.333 e. The predicted molar refractivity (Wildman–Crippen MR) is 69.4 cm³/mol.